The van der Waals surface area contributed by atoms with Crippen molar-refractivity contribution in [3.8, 4) is 0 Å². The van der Waals surface area contributed by atoms with Crippen LogP contribution in [0.3, 0.4) is 0 Å². The van der Waals surface area contributed by atoms with Gasteiger partial charge >= 0.3 is 0 Å². The minimum Gasteiger partial charge on any atom is -0.288 e. The van der Waals surface area contributed by atoms with Crippen molar-refractivity contribution in [2.45, 2.75) is 32.6 Å². The molecule has 3 heteroatoms. The standard InChI is InChI=1S/C16H15BrOS/c1-10-8-14(19-16(10)17)15(18)13-7-6-11-4-2-3-5-12(11)9-13/h6-9H,2-5H2,1H3. The van der Waals surface area contributed by atoms with Crippen LogP contribution in [0.15, 0.2) is 28.1 Å². The number of hydrogen-bond donors (Lipinski definition) is 0. The van der Waals surface area contributed by atoms with Crippen LogP contribution in [0, 0.1) is 6.92 Å². The minimum atomic E-state index is 0.146. The van der Waals surface area contributed by atoms with Gasteiger partial charge in [0.1, 0.15) is 0 Å². The van der Waals surface area contributed by atoms with Crippen LogP contribution in [0.5, 0.6) is 0 Å². The fraction of sp³-hybridized carbons (Fsp3) is 0.312. The number of ketones is 1. The fourth-order valence-electron chi connectivity index (χ4n) is 2.59. The molecule has 0 fully saturated rings. The van der Waals surface area contributed by atoms with Gasteiger partial charge in [-0.1, -0.05) is 12.1 Å². The summed E-state index contributed by atoms with van der Waals surface area (Å²) in [7, 11) is 0. The van der Waals surface area contributed by atoms with Crippen LogP contribution in [0.4, 0.5) is 0 Å². The molecule has 0 spiro atoms. The van der Waals surface area contributed by atoms with Gasteiger partial charge in [-0.25, -0.2) is 0 Å². The summed E-state index contributed by atoms with van der Waals surface area (Å²) in [4.78, 5) is 13.3. The van der Waals surface area contributed by atoms with E-state index in [9.17, 15) is 4.79 Å². The Morgan fingerprint density at radius 3 is 2.58 bits per heavy atom. The summed E-state index contributed by atoms with van der Waals surface area (Å²) in [5.41, 5.74) is 4.75. The maximum Gasteiger partial charge on any atom is 0.202 e. The third-order valence-electron chi connectivity index (χ3n) is 3.69. The highest BCUT2D eigenvalue weighted by molar-refractivity contribution is 9.11. The second-order valence-corrected chi connectivity index (χ2v) is 7.46. The van der Waals surface area contributed by atoms with E-state index in [0.29, 0.717) is 0 Å². The Hall–Kier alpha value is -0.930. The lowest BCUT2D eigenvalue weighted by Crippen LogP contribution is -2.06. The van der Waals surface area contributed by atoms with Gasteiger partial charge in [0.25, 0.3) is 0 Å². The zero-order valence-corrected chi connectivity index (χ0v) is 13.2. The summed E-state index contributed by atoms with van der Waals surface area (Å²) in [5, 5.41) is 0. The number of aryl methyl sites for hydroxylation is 3. The quantitative estimate of drug-likeness (QED) is 0.711. The second-order valence-electron chi connectivity index (χ2n) is 5.09. The molecule has 0 amide bonds. The van der Waals surface area contributed by atoms with E-state index in [1.807, 2.05) is 19.1 Å². The summed E-state index contributed by atoms with van der Waals surface area (Å²) >= 11 is 5.01. The Kier molecular flexibility index (Phi) is 3.59. The van der Waals surface area contributed by atoms with Gasteiger partial charge in [0.15, 0.2) is 0 Å². The van der Waals surface area contributed by atoms with Gasteiger partial charge in [0.05, 0.1) is 8.66 Å². The van der Waals surface area contributed by atoms with Gasteiger partial charge in [-0.3, -0.25) is 4.79 Å². The van der Waals surface area contributed by atoms with Crippen molar-refractivity contribution in [1.29, 1.82) is 0 Å². The van der Waals surface area contributed by atoms with Crippen LogP contribution in [0.1, 0.15) is 44.8 Å². The number of carbonyl (C=O) groups excluding carboxylic acids is 1. The van der Waals surface area contributed by atoms with Crippen LogP contribution < -0.4 is 0 Å². The number of carbonyl (C=O) groups is 1. The molecule has 0 unspecified atom stereocenters. The molecule has 1 aliphatic rings. The lowest BCUT2D eigenvalue weighted by Gasteiger charge is -2.16. The van der Waals surface area contributed by atoms with E-state index in [1.54, 1.807) is 0 Å². The first-order valence-electron chi connectivity index (χ1n) is 6.57. The van der Waals surface area contributed by atoms with Crippen LogP contribution in [0.2, 0.25) is 0 Å². The van der Waals surface area contributed by atoms with E-state index < -0.39 is 0 Å². The van der Waals surface area contributed by atoms with E-state index in [4.69, 9.17) is 0 Å². The first kappa shape index (κ1) is 13.1. The third kappa shape index (κ3) is 2.54. The molecule has 1 aromatic carbocycles. The van der Waals surface area contributed by atoms with Crippen LogP contribution in [-0.2, 0) is 12.8 Å². The molecule has 0 bridgehead atoms. The summed E-state index contributed by atoms with van der Waals surface area (Å²) < 4.78 is 1.05. The molecule has 0 saturated heterocycles. The lowest BCUT2D eigenvalue weighted by atomic mass is 9.89. The van der Waals surface area contributed by atoms with Crippen LogP contribution in [-0.4, -0.2) is 5.78 Å². The van der Waals surface area contributed by atoms with E-state index in [0.717, 1.165) is 32.6 Å². The molecule has 0 saturated carbocycles. The molecule has 0 aliphatic heterocycles. The Bertz CT molecular complexity index is 623. The monoisotopic (exact) mass is 334 g/mol. The fourth-order valence-corrected chi connectivity index (χ4v) is 4.09. The van der Waals surface area contributed by atoms with Crippen molar-refractivity contribution >= 4 is 33.0 Å². The molecule has 3 rings (SSSR count). The second kappa shape index (κ2) is 5.22. The van der Waals surface area contributed by atoms with Gasteiger partial charge in [0.2, 0.25) is 5.78 Å². The molecule has 0 N–H and O–H groups in total. The van der Waals surface area contributed by atoms with Crippen LogP contribution in [0.25, 0.3) is 0 Å². The summed E-state index contributed by atoms with van der Waals surface area (Å²) in [6.45, 7) is 2.02. The van der Waals surface area contributed by atoms with Crippen molar-refractivity contribution < 1.29 is 4.79 Å². The molecule has 0 atom stereocenters. The number of hydrogen-bond acceptors (Lipinski definition) is 2. The van der Waals surface area contributed by atoms with Crippen molar-refractivity contribution in [3.63, 3.8) is 0 Å². The molecule has 2 aromatic rings. The Labute approximate surface area is 125 Å². The predicted octanol–water partition coefficient (Wildman–Crippen LogP) is 4.93. The number of rotatable bonds is 2. The molecular formula is C16H15BrOS. The minimum absolute atomic E-state index is 0.146. The number of benzene rings is 1. The average molecular weight is 335 g/mol. The Morgan fingerprint density at radius 1 is 1.16 bits per heavy atom. The first-order valence-corrected chi connectivity index (χ1v) is 8.18. The number of halogens is 1. The van der Waals surface area contributed by atoms with Gasteiger partial charge in [-0.2, -0.15) is 0 Å². The van der Waals surface area contributed by atoms with Gasteiger partial charge in [0, 0.05) is 5.56 Å². The van der Waals surface area contributed by atoms with Crippen molar-refractivity contribution in [2.24, 2.45) is 0 Å². The Morgan fingerprint density at radius 2 is 1.89 bits per heavy atom. The highest BCUT2D eigenvalue weighted by Gasteiger charge is 2.16. The maximum atomic E-state index is 12.5. The summed E-state index contributed by atoms with van der Waals surface area (Å²) in [5.74, 6) is 0.146. The molecule has 0 radical (unpaired) electrons. The number of thiophene rings is 1. The smallest absolute Gasteiger partial charge is 0.202 e. The van der Waals surface area contributed by atoms with E-state index in [-0.39, 0.29) is 5.78 Å². The lowest BCUT2D eigenvalue weighted by molar-refractivity contribution is 0.104. The van der Waals surface area contributed by atoms with Crippen LogP contribution >= 0.6 is 27.3 Å². The zero-order chi connectivity index (χ0) is 13.4. The average Bonchev–Trinajstić information content (AvgIpc) is 2.77. The number of fused-ring (bicyclic) bond motifs is 1. The van der Waals surface area contributed by atoms with Crippen molar-refractivity contribution in [1.82, 2.24) is 0 Å². The summed E-state index contributed by atoms with van der Waals surface area (Å²) in [6, 6.07) is 8.18. The molecule has 98 valence electrons. The molecule has 1 nitrogen and oxygen atoms in total. The molecule has 19 heavy (non-hydrogen) atoms. The molecular weight excluding hydrogens is 320 g/mol. The van der Waals surface area contributed by atoms with Gasteiger partial charge in [-0.15, -0.1) is 11.3 Å². The first-order chi connectivity index (χ1) is 9.15. The predicted molar refractivity (Wildman–Crippen MR) is 83.3 cm³/mol. The van der Waals surface area contributed by atoms with Gasteiger partial charge in [-0.05, 0) is 77.4 Å². The largest absolute Gasteiger partial charge is 0.288 e. The highest BCUT2D eigenvalue weighted by atomic mass is 79.9. The normalized spacial score (nSPS) is 14.2. The van der Waals surface area contributed by atoms with E-state index in [2.05, 4.69) is 28.1 Å². The van der Waals surface area contributed by atoms with Crippen molar-refractivity contribution in [2.75, 3.05) is 0 Å². The SMILES string of the molecule is Cc1cc(C(=O)c2ccc3c(c2)CCCC3)sc1Br. The third-order valence-corrected chi connectivity index (χ3v) is 5.83. The highest BCUT2D eigenvalue weighted by Crippen LogP contribution is 2.30. The Balaban J connectivity index is 1.95. The van der Waals surface area contributed by atoms with E-state index >= 15 is 0 Å². The maximum absolute atomic E-state index is 12.5. The summed E-state index contributed by atoms with van der Waals surface area (Å²) in [6.07, 6.45) is 4.79. The molecule has 1 aromatic heterocycles. The zero-order valence-electron chi connectivity index (χ0n) is 10.8. The van der Waals surface area contributed by atoms with E-state index in [1.165, 1.54) is 35.3 Å². The van der Waals surface area contributed by atoms with Gasteiger partial charge < -0.3 is 0 Å². The molecule has 1 aliphatic carbocycles. The topological polar surface area (TPSA) is 17.1 Å². The van der Waals surface area contributed by atoms with Crippen molar-refractivity contribution in [3.05, 3.63) is 55.2 Å². The molecule has 1 heterocycles.